The lowest BCUT2D eigenvalue weighted by atomic mass is 10.1. The van der Waals surface area contributed by atoms with Crippen LogP contribution in [-0.2, 0) is 9.84 Å². The summed E-state index contributed by atoms with van der Waals surface area (Å²) in [5.74, 6) is -1.51. The monoisotopic (exact) mass is 334 g/mol. The molecule has 0 atom stereocenters. The van der Waals surface area contributed by atoms with Gasteiger partial charge in [0.25, 0.3) is 0 Å². The van der Waals surface area contributed by atoms with Crippen molar-refractivity contribution in [2.45, 2.75) is 31.6 Å². The predicted octanol–water partition coefficient (Wildman–Crippen LogP) is 3.26. The fourth-order valence-electron chi connectivity index (χ4n) is 2.09. The number of sulfone groups is 1. The van der Waals surface area contributed by atoms with E-state index in [2.05, 4.69) is 0 Å². The Kier molecular flexibility index (Phi) is 6.04. The molecule has 1 rings (SSSR count). The van der Waals surface area contributed by atoms with Crippen LogP contribution in [0.2, 0.25) is 5.02 Å². The minimum absolute atomic E-state index is 0.00645. The minimum Gasteiger partial charge on any atom is -0.494 e. The van der Waals surface area contributed by atoms with Crippen molar-refractivity contribution in [3.63, 3.8) is 0 Å². The average molecular weight is 335 g/mol. The highest BCUT2D eigenvalue weighted by Gasteiger charge is 2.27. The Labute approximate surface area is 129 Å². The van der Waals surface area contributed by atoms with E-state index in [4.69, 9.17) is 21.4 Å². The molecule has 7 heteroatoms. The number of carboxylic acids is 1. The molecule has 0 saturated carbocycles. The molecule has 0 aliphatic rings. The van der Waals surface area contributed by atoms with E-state index >= 15 is 0 Å². The van der Waals surface area contributed by atoms with Crippen LogP contribution < -0.4 is 4.74 Å². The van der Waals surface area contributed by atoms with Crippen molar-refractivity contribution in [3.05, 3.63) is 22.7 Å². The summed E-state index contributed by atoms with van der Waals surface area (Å²) in [5.41, 5.74) is -0.256. The first kappa shape index (κ1) is 17.8. The molecule has 0 amide bonds. The summed E-state index contributed by atoms with van der Waals surface area (Å²) in [6.07, 6.45) is 1.45. The molecule has 0 saturated heterocycles. The maximum Gasteiger partial charge on any atom is 0.339 e. The van der Waals surface area contributed by atoms with Crippen molar-refractivity contribution in [2.24, 2.45) is 5.92 Å². The van der Waals surface area contributed by atoms with Gasteiger partial charge in [0.15, 0.2) is 15.6 Å². The second kappa shape index (κ2) is 7.13. The minimum atomic E-state index is -3.68. The number of methoxy groups -OCH3 is 1. The van der Waals surface area contributed by atoms with Crippen LogP contribution in [0.25, 0.3) is 0 Å². The van der Waals surface area contributed by atoms with Gasteiger partial charge in [-0.25, -0.2) is 13.2 Å². The standard InChI is InChI=1S/C14H19ClO5S/c1-4-9(5-2)8-21(18,19)12-7-10(15)6-11(14(16)17)13(12)20-3/h6-7,9H,4-5,8H2,1-3H3,(H,16,17). The molecule has 0 spiro atoms. The zero-order valence-corrected chi connectivity index (χ0v) is 13.8. The molecule has 118 valence electrons. The number of benzene rings is 1. The SMILES string of the molecule is CCC(CC)CS(=O)(=O)c1cc(Cl)cc(C(=O)O)c1OC. The lowest BCUT2D eigenvalue weighted by Gasteiger charge is -2.16. The number of carboxylic acid groups (broad SMARTS) is 1. The summed E-state index contributed by atoms with van der Waals surface area (Å²) in [7, 11) is -2.44. The molecule has 1 aromatic carbocycles. The molecule has 0 aliphatic carbocycles. The van der Waals surface area contributed by atoms with Crippen molar-refractivity contribution in [1.82, 2.24) is 0 Å². The van der Waals surface area contributed by atoms with Gasteiger partial charge in [0.2, 0.25) is 0 Å². The van der Waals surface area contributed by atoms with Crippen LogP contribution in [0.1, 0.15) is 37.0 Å². The fraction of sp³-hybridized carbons (Fsp3) is 0.500. The maximum atomic E-state index is 12.5. The van der Waals surface area contributed by atoms with E-state index in [0.29, 0.717) is 0 Å². The highest BCUT2D eigenvalue weighted by atomic mass is 35.5. The van der Waals surface area contributed by atoms with Gasteiger partial charge in [-0.2, -0.15) is 0 Å². The molecule has 5 nitrogen and oxygen atoms in total. The van der Waals surface area contributed by atoms with Crippen LogP contribution in [0.15, 0.2) is 17.0 Å². The number of ether oxygens (including phenoxy) is 1. The Morgan fingerprint density at radius 2 is 1.90 bits per heavy atom. The first-order valence-electron chi connectivity index (χ1n) is 6.60. The van der Waals surface area contributed by atoms with Gasteiger partial charge in [-0.3, -0.25) is 0 Å². The van der Waals surface area contributed by atoms with E-state index in [1.54, 1.807) is 0 Å². The van der Waals surface area contributed by atoms with E-state index < -0.39 is 15.8 Å². The Morgan fingerprint density at radius 1 is 1.33 bits per heavy atom. The van der Waals surface area contributed by atoms with E-state index in [1.807, 2.05) is 13.8 Å². The van der Waals surface area contributed by atoms with Crippen LogP contribution in [0, 0.1) is 5.92 Å². The second-order valence-electron chi connectivity index (χ2n) is 4.75. The smallest absolute Gasteiger partial charge is 0.339 e. The second-order valence-corrected chi connectivity index (χ2v) is 7.19. The van der Waals surface area contributed by atoms with E-state index in [9.17, 15) is 13.2 Å². The van der Waals surface area contributed by atoms with Crippen LogP contribution in [-0.4, -0.2) is 32.4 Å². The van der Waals surface area contributed by atoms with Crippen LogP contribution >= 0.6 is 11.6 Å². The number of hydrogen-bond acceptors (Lipinski definition) is 4. The van der Waals surface area contributed by atoms with Gasteiger partial charge in [-0.15, -0.1) is 0 Å². The molecule has 0 aliphatic heterocycles. The number of rotatable bonds is 7. The van der Waals surface area contributed by atoms with Gasteiger partial charge in [0.05, 0.1) is 12.9 Å². The molecular formula is C14H19ClO5S. The Bertz CT molecular complexity index is 620. The molecule has 0 aromatic heterocycles. The highest BCUT2D eigenvalue weighted by Crippen LogP contribution is 2.33. The zero-order chi connectivity index (χ0) is 16.2. The molecule has 21 heavy (non-hydrogen) atoms. The third-order valence-electron chi connectivity index (χ3n) is 3.40. The first-order chi connectivity index (χ1) is 9.76. The molecule has 0 radical (unpaired) electrons. The van der Waals surface area contributed by atoms with Gasteiger partial charge >= 0.3 is 5.97 Å². The predicted molar refractivity (Wildman–Crippen MR) is 81.1 cm³/mol. The topological polar surface area (TPSA) is 80.7 Å². The first-order valence-corrected chi connectivity index (χ1v) is 8.63. The van der Waals surface area contributed by atoms with Crippen LogP contribution in [0.4, 0.5) is 0 Å². The number of hydrogen-bond donors (Lipinski definition) is 1. The molecule has 0 bridgehead atoms. The Hall–Kier alpha value is -1.27. The summed E-state index contributed by atoms with van der Waals surface area (Å²) < 4.78 is 30.1. The Balaban J connectivity index is 3.44. The fourth-order valence-corrected chi connectivity index (χ4v) is 4.43. The number of halogens is 1. The third kappa shape index (κ3) is 4.11. The Morgan fingerprint density at radius 3 is 2.33 bits per heavy atom. The summed E-state index contributed by atoms with van der Waals surface area (Å²) in [5, 5.41) is 9.20. The van der Waals surface area contributed by atoms with Crippen LogP contribution in [0.3, 0.4) is 0 Å². The van der Waals surface area contributed by atoms with Crippen molar-refractivity contribution >= 4 is 27.4 Å². The molecule has 1 N–H and O–H groups in total. The molecular weight excluding hydrogens is 316 g/mol. The van der Waals surface area contributed by atoms with Gasteiger partial charge < -0.3 is 9.84 Å². The quantitative estimate of drug-likeness (QED) is 0.827. The number of carbonyl (C=O) groups is 1. The summed E-state index contributed by atoms with van der Waals surface area (Å²) in [6, 6.07) is 2.42. The normalized spacial score (nSPS) is 11.7. The zero-order valence-electron chi connectivity index (χ0n) is 12.2. The van der Waals surface area contributed by atoms with E-state index in [-0.39, 0.29) is 32.9 Å². The van der Waals surface area contributed by atoms with Crippen molar-refractivity contribution < 1.29 is 23.1 Å². The molecule has 1 aromatic rings. The van der Waals surface area contributed by atoms with E-state index in [1.165, 1.54) is 19.2 Å². The summed E-state index contributed by atoms with van der Waals surface area (Å²) >= 11 is 5.85. The summed E-state index contributed by atoms with van der Waals surface area (Å²) in [6.45, 7) is 3.84. The third-order valence-corrected chi connectivity index (χ3v) is 5.50. The molecule has 0 unspecified atom stereocenters. The van der Waals surface area contributed by atoms with Gasteiger partial charge in [0.1, 0.15) is 10.5 Å². The highest BCUT2D eigenvalue weighted by molar-refractivity contribution is 7.91. The molecule has 0 heterocycles. The van der Waals surface area contributed by atoms with Crippen molar-refractivity contribution in [2.75, 3.05) is 12.9 Å². The number of aromatic carboxylic acids is 1. The lowest BCUT2D eigenvalue weighted by Crippen LogP contribution is -2.17. The van der Waals surface area contributed by atoms with Crippen LogP contribution in [0.5, 0.6) is 5.75 Å². The summed E-state index contributed by atoms with van der Waals surface area (Å²) in [4.78, 5) is 11.0. The van der Waals surface area contributed by atoms with E-state index in [0.717, 1.165) is 12.8 Å². The molecule has 0 fully saturated rings. The average Bonchev–Trinajstić information content (AvgIpc) is 2.43. The van der Waals surface area contributed by atoms with Gasteiger partial charge in [-0.05, 0) is 18.1 Å². The van der Waals surface area contributed by atoms with Crippen molar-refractivity contribution in [3.8, 4) is 5.75 Å². The van der Waals surface area contributed by atoms with Gasteiger partial charge in [-0.1, -0.05) is 38.3 Å². The van der Waals surface area contributed by atoms with Gasteiger partial charge in [0, 0.05) is 5.02 Å². The van der Waals surface area contributed by atoms with Crippen molar-refractivity contribution in [1.29, 1.82) is 0 Å². The lowest BCUT2D eigenvalue weighted by molar-refractivity contribution is 0.0693. The largest absolute Gasteiger partial charge is 0.494 e. The maximum absolute atomic E-state index is 12.5.